The molecule has 4 nitrogen and oxygen atoms in total. The Morgan fingerprint density at radius 2 is 2.33 bits per heavy atom. The molecule has 1 aromatic heterocycles. The van der Waals surface area contributed by atoms with Crippen LogP contribution < -0.4 is 0 Å². The van der Waals surface area contributed by atoms with E-state index in [1.807, 2.05) is 0 Å². The first kappa shape index (κ1) is 8.99. The van der Waals surface area contributed by atoms with Crippen molar-refractivity contribution in [2.24, 2.45) is 0 Å². The van der Waals surface area contributed by atoms with Crippen molar-refractivity contribution in [1.82, 2.24) is 4.98 Å². The standard InChI is InChI=1S/C7H8N2O2S/c10-9(11)7-2-1-6(3-4-12)8-5-7/h1-2,5,12H,3-4H2. The van der Waals surface area contributed by atoms with Crippen LogP contribution in [-0.2, 0) is 6.42 Å². The molecule has 0 aliphatic rings. The van der Waals surface area contributed by atoms with Crippen LogP contribution in [0.5, 0.6) is 0 Å². The maximum atomic E-state index is 10.2. The number of nitrogens with zero attached hydrogens (tertiary/aromatic N) is 2. The summed E-state index contributed by atoms with van der Waals surface area (Å²) in [5.41, 5.74) is 0.855. The van der Waals surface area contributed by atoms with Gasteiger partial charge in [-0.15, -0.1) is 0 Å². The van der Waals surface area contributed by atoms with E-state index >= 15 is 0 Å². The van der Waals surface area contributed by atoms with Crippen LogP contribution in [0, 0.1) is 10.1 Å². The van der Waals surface area contributed by atoms with Gasteiger partial charge in [0.15, 0.2) is 0 Å². The zero-order valence-corrected chi connectivity index (χ0v) is 7.20. The molecule has 5 heteroatoms. The summed E-state index contributed by atoms with van der Waals surface area (Å²) >= 11 is 4.02. The molecule has 0 radical (unpaired) electrons. The second-order valence-electron chi connectivity index (χ2n) is 2.24. The molecule has 0 saturated heterocycles. The van der Waals surface area contributed by atoms with Gasteiger partial charge in [-0.25, -0.2) is 0 Å². The van der Waals surface area contributed by atoms with Gasteiger partial charge in [0.25, 0.3) is 5.69 Å². The van der Waals surface area contributed by atoms with E-state index in [0.717, 1.165) is 12.1 Å². The zero-order valence-electron chi connectivity index (χ0n) is 6.30. The highest BCUT2D eigenvalue weighted by atomic mass is 32.1. The molecule has 0 aromatic carbocycles. The van der Waals surface area contributed by atoms with Gasteiger partial charge in [-0.3, -0.25) is 15.1 Å². The highest BCUT2D eigenvalue weighted by Crippen LogP contribution is 2.08. The molecule has 0 aliphatic heterocycles. The summed E-state index contributed by atoms with van der Waals surface area (Å²) in [5.74, 6) is 0.699. The predicted molar refractivity (Wildman–Crippen MR) is 48.4 cm³/mol. The normalized spacial score (nSPS) is 9.75. The maximum Gasteiger partial charge on any atom is 0.287 e. The Hall–Kier alpha value is -1.10. The summed E-state index contributed by atoms with van der Waals surface area (Å²) in [6.45, 7) is 0. The topological polar surface area (TPSA) is 56.0 Å². The van der Waals surface area contributed by atoms with Crippen LogP contribution in [0.4, 0.5) is 5.69 Å². The van der Waals surface area contributed by atoms with Crippen LogP contribution in [0.25, 0.3) is 0 Å². The van der Waals surface area contributed by atoms with Crippen molar-refractivity contribution < 1.29 is 4.92 Å². The van der Waals surface area contributed by atoms with Gasteiger partial charge in [-0.05, 0) is 18.2 Å². The third kappa shape index (κ3) is 2.20. The minimum absolute atomic E-state index is 0.0258. The summed E-state index contributed by atoms with van der Waals surface area (Å²) in [6, 6.07) is 3.10. The van der Waals surface area contributed by atoms with E-state index in [1.54, 1.807) is 6.07 Å². The Morgan fingerprint density at radius 3 is 2.75 bits per heavy atom. The van der Waals surface area contributed by atoms with Gasteiger partial charge in [0.2, 0.25) is 0 Å². The second kappa shape index (κ2) is 4.06. The Labute approximate surface area is 75.2 Å². The molecular formula is C7H8N2O2S. The molecule has 12 heavy (non-hydrogen) atoms. The largest absolute Gasteiger partial charge is 0.287 e. The first-order valence-corrected chi connectivity index (χ1v) is 4.07. The summed E-state index contributed by atoms with van der Waals surface area (Å²) in [7, 11) is 0. The summed E-state index contributed by atoms with van der Waals surface area (Å²) in [4.78, 5) is 13.7. The van der Waals surface area contributed by atoms with Crippen molar-refractivity contribution in [1.29, 1.82) is 0 Å². The molecule has 0 atom stereocenters. The van der Waals surface area contributed by atoms with Crippen molar-refractivity contribution in [2.75, 3.05) is 5.75 Å². The van der Waals surface area contributed by atoms with Crippen molar-refractivity contribution in [3.05, 3.63) is 34.1 Å². The Kier molecular flexibility index (Phi) is 3.04. The molecule has 0 amide bonds. The maximum absolute atomic E-state index is 10.2. The van der Waals surface area contributed by atoms with Gasteiger partial charge < -0.3 is 0 Å². The fourth-order valence-corrected chi connectivity index (χ4v) is 1.02. The Bertz CT molecular complexity index is 273. The average Bonchev–Trinajstić information content (AvgIpc) is 2.06. The minimum atomic E-state index is -0.461. The van der Waals surface area contributed by atoms with Crippen LogP contribution >= 0.6 is 12.6 Å². The third-order valence-corrected chi connectivity index (χ3v) is 1.61. The molecule has 1 heterocycles. The number of pyridine rings is 1. The van der Waals surface area contributed by atoms with E-state index in [1.165, 1.54) is 12.3 Å². The molecule has 0 N–H and O–H groups in total. The molecule has 0 unspecified atom stereocenters. The third-order valence-electron chi connectivity index (χ3n) is 1.39. The minimum Gasteiger partial charge on any atom is -0.258 e. The van der Waals surface area contributed by atoms with Crippen LogP contribution in [0.15, 0.2) is 18.3 Å². The molecule has 0 fully saturated rings. The molecular weight excluding hydrogens is 176 g/mol. The van der Waals surface area contributed by atoms with E-state index in [4.69, 9.17) is 0 Å². The molecule has 64 valence electrons. The number of aromatic nitrogens is 1. The quantitative estimate of drug-likeness (QED) is 0.439. The van der Waals surface area contributed by atoms with Crippen molar-refractivity contribution >= 4 is 18.3 Å². The van der Waals surface area contributed by atoms with E-state index in [2.05, 4.69) is 17.6 Å². The van der Waals surface area contributed by atoms with Gasteiger partial charge in [-0.2, -0.15) is 12.6 Å². The second-order valence-corrected chi connectivity index (χ2v) is 2.69. The molecule has 1 rings (SSSR count). The fourth-order valence-electron chi connectivity index (χ4n) is 0.787. The zero-order chi connectivity index (χ0) is 8.97. The number of nitro groups is 1. The van der Waals surface area contributed by atoms with Crippen LogP contribution in [0.2, 0.25) is 0 Å². The molecule has 0 aliphatic carbocycles. The summed E-state index contributed by atoms with van der Waals surface area (Å²) < 4.78 is 0. The lowest BCUT2D eigenvalue weighted by molar-refractivity contribution is -0.385. The number of hydrogen-bond donors (Lipinski definition) is 1. The molecule has 0 bridgehead atoms. The highest BCUT2D eigenvalue weighted by Gasteiger charge is 2.03. The first-order valence-electron chi connectivity index (χ1n) is 3.44. The van der Waals surface area contributed by atoms with Crippen LogP contribution in [0.3, 0.4) is 0 Å². The Balaban J connectivity index is 2.78. The SMILES string of the molecule is O=[N+]([O-])c1ccc(CCS)nc1. The van der Waals surface area contributed by atoms with Gasteiger partial charge in [0.05, 0.1) is 4.92 Å². The number of thiol groups is 1. The van der Waals surface area contributed by atoms with E-state index in [-0.39, 0.29) is 5.69 Å². The Morgan fingerprint density at radius 1 is 1.58 bits per heavy atom. The molecule has 1 aromatic rings. The van der Waals surface area contributed by atoms with Gasteiger partial charge in [0, 0.05) is 11.8 Å². The van der Waals surface area contributed by atoms with Crippen molar-refractivity contribution in [2.45, 2.75) is 6.42 Å². The summed E-state index contributed by atoms with van der Waals surface area (Å²) in [6.07, 6.45) is 2.00. The van der Waals surface area contributed by atoms with E-state index < -0.39 is 4.92 Å². The van der Waals surface area contributed by atoms with E-state index in [9.17, 15) is 10.1 Å². The fraction of sp³-hybridized carbons (Fsp3) is 0.286. The number of rotatable bonds is 3. The lowest BCUT2D eigenvalue weighted by atomic mass is 10.3. The van der Waals surface area contributed by atoms with E-state index in [0.29, 0.717) is 5.75 Å². The number of hydrogen-bond acceptors (Lipinski definition) is 4. The average molecular weight is 184 g/mol. The van der Waals surface area contributed by atoms with Crippen LogP contribution in [0.1, 0.15) is 5.69 Å². The first-order chi connectivity index (χ1) is 5.74. The van der Waals surface area contributed by atoms with Crippen molar-refractivity contribution in [3.63, 3.8) is 0 Å². The lowest BCUT2D eigenvalue weighted by Gasteiger charge is -1.95. The monoisotopic (exact) mass is 184 g/mol. The smallest absolute Gasteiger partial charge is 0.258 e. The van der Waals surface area contributed by atoms with Gasteiger partial charge in [0.1, 0.15) is 6.20 Å². The highest BCUT2D eigenvalue weighted by molar-refractivity contribution is 7.80. The van der Waals surface area contributed by atoms with Crippen molar-refractivity contribution in [3.8, 4) is 0 Å². The molecule has 0 spiro atoms. The van der Waals surface area contributed by atoms with Gasteiger partial charge in [-0.1, -0.05) is 0 Å². The molecule has 0 saturated carbocycles. The number of aryl methyl sites for hydroxylation is 1. The van der Waals surface area contributed by atoms with Gasteiger partial charge >= 0.3 is 0 Å². The summed E-state index contributed by atoms with van der Waals surface area (Å²) in [5, 5.41) is 10.2. The van der Waals surface area contributed by atoms with Crippen LogP contribution in [-0.4, -0.2) is 15.7 Å². The predicted octanol–water partition coefficient (Wildman–Crippen LogP) is 1.46. The lowest BCUT2D eigenvalue weighted by Crippen LogP contribution is -1.93.